The quantitative estimate of drug-likeness (QED) is 0.482. The summed E-state index contributed by atoms with van der Waals surface area (Å²) in [4.78, 5) is 21.3. The number of nitro benzene ring substituents is 1. The number of esters is 1. The van der Waals surface area contributed by atoms with Gasteiger partial charge in [0.2, 0.25) is 0 Å². The van der Waals surface area contributed by atoms with Crippen LogP contribution in [0.15, 0.2) is 24.3 Å². The van der Waals surface area contributed by atoms with Crippen LogP contribution < -0.4 is 5.32 Å². The van der Waals surface area contributed by atoms with E-state index in [2.05, 4.69) is 11.4 Å². The van der Waals surface area contributed by atoms with E-state index in [4.69, 9.17) is 10.00 Å². The minimum atomic E-state index is -0.520. The fourth-order valence-corrected chi connectivity index (χ4v) is 1.93. The Balaban J connectivity index is 2.25. The fourth-order valence-electron chi connectivity index (χ4n) is 1.93. The Bertz CT molecular complexity index is 535. The third-order valence-electron chi connectivity index (χ3n) is 2.92. The second-order valence-electron chi connectivity index (χ2n) is 4.13. The van der Waals surface area contributed by atoms with E-state index in [1.54, 1.807) is 12.1 Å². The normalized spacial score (nSPS) is 23.0. The predicted molar refractivity (Wildman–Crippen MR) is 63.9 cm³/mol. The van der Waals surface area contributed by atoms with Crippen molar-refractivity contribution < 1.29 is 14.5 Å². The van der Waals surface area contributed by atoms with Gasteiger partial charge in [-0.25, -0.2) is 0 Å². The number of nitrogens with one attached hydrogen (secondary N) is 1. The molecule has 19 heavy (non-hydrogen) atoms. The van der Waals surface area contributed by atoms with Crippen LogP contribution in [0.2, 0.25) is 0 Å². The van der Waals surface area contributed by atoms with E-state index < -0.39 is 16.8 Å². The molecule has 1 aromatic rings. The first-order chi connectivity index (χ1) is 9.11. The molecule has 0 radical (unpaired) electrons. The minimum Gasteiger partial charge on any atom is -0.463 e. The number of nitro groups is 1. The molecule has 2 rings (SSSR count). The van der Waals surface area contributed by atoms with Crippen LogP contribution >= 0.6 is 0 Å². The summed E-state index contributed by atoms with van der Waals surface area (Å²) >= 11 is 0. The van der Waals surface area contributed by atoms with Crippen molar-refractivity contribution in [2.24, 2.45) is 5.92 Å². The molecule has 7 nitrogen and oxygen atoms in total. The Hall–Kier alpha value is -2.46. The second kappa shape index (κ2) is 5.46. The molecule has 7 heteroatoms. The van der Waals surface area contributed by atoms with Crippen molar-refractivity contribution in [3.8, 4) is 6.07 Å². The van der Waals surface area contributed by atoms with Crippen molar-refractivity contribution in [2.45, 2.75) is 6.04 Å². The van der Waals surface area contributed by atoms with Gasteiger partial charge in [0.1, 0.15) is 6.61 Å². The molecule has 1 aromatic carbocycles. The molecular weight excluding hydrogens is 250 g/mol. The lowest BCUT2D eigenvalue weighted by Crippen LogP contribution is -2.28. The van der Waals surface area contributed by atoms with E-state index in [9.17, 15) is 14.9 Å². The average molecular weight is 261 g/mol. The molecule has 1 fully saturated rings. The molecule has 1 saturated heterocycles. The number of hydrogen-bond acceptors (Lipinski definition) is 6. The molecule has 1 aliphatic rings. The molecule has 1 aliphatic heterocycles. The molecule has 0 spiro atoms. The molecule has 1 N–H and O–H groups in total. The monoisotopic (exact) mass is 261 g/mol. The van der Waals surface area contributed by atoms with Gasteiger partial charge in [0.25, 0.3) is 5.69 Å². The Morgan fingerprint density at radius 2 is 2.11 bits per heavy atom. The van der Waals surface area contributed by atoms with Gasteiger partial charge in [0.15, 0.2) is 0 Å². The standard InChI is InChI=1S/C12H11N3O4/c13-5-9-7-19-11(16)6-14-12(9)8-1-3-10(4-2-8)15(17)18/h1-4,9,12,14H,6-7H2. The van der Waals surface area contributed by atoms with E-state index in [-0.39, 0.29) is 24.9 Å². The molecule has 2 unspecified atom stereocenters. The van der Waals surface area contributed by atoms with Gasteiger partial charge >= 0.3 is 5.97 Å². The number of nitrogens with zero attached hydrogens (tertiary/aromatic N) is 2. The molecule has 0 aromatic heterocycles. The second-order valence-corrected chi connectivity index (χ2v) is 4.13. The lowest BCUT2D eigenvalue weighted by atomic mass is 9.94. The number of non-ortho nitro benzene ring substituents is 1. The van der Waals surface area contributed by atoms with Crippen LogP contribution in [0.5, 0.6) is 0 Å². The van der Waals surface area contributed by atoms with Crippen LogP contribution in [-0.4, -0.2) is 24.0 Å². The van der Waals surface area contributed by atoms with E-state index in [1.165, 1.54) is 12.1 Å². The highest BCUT2D eigenvalue weighted by Crippen LogP contribution is 2.25. The first kappa shape index (κ1) is 13.0. The largest absolute Gasteiger partial charge is 0.463 e. The maximum absolute atomic E-state index is 11.2. The van der Waals surface area contributed by atoms with Crippen molar-refractivity contribution in [3.63, 3.8) is 0 Å². The van der Waals surface area contributed by atoms with Crippen molar-refractivity contribution >= 4 is 11.7 Å². The first-order valence-electron chi connectivity index (χ1n) is 5.65. The summed E-state index contributed by atoms with van der Waals surface area (Å²) in [5.74, 6) is -0.933. The zero-order chi connectivity index (χ0) is 13.8. The Kier molecular flexibility index (Phi) is 3.73. The SMILES string of the molecule is N#CC1COC(=O)CNC1c1ccc([N+](=O)[O-])cc1. The Morgan fingerprint density at radius 1 is 1.42 bits per heavy atom. The number of hydrogen-bond donors (Lipinski definition) is 1. The smallest absolute Gasteiger partial charge is 0.319 e. The van der Waals surface area contributed by atoms with Crippen LogP contribution in [0.3, 0.4) is 0 Å². The molecule has 1 heterocycles. The summed E-state index contributed by atoms with van der Waals surface area (Å²) in [6.45, 7) is 0.0316. The van der Waals surface area contributed by atoms with E-state index in [0.29, 0.717) is 0 Å². The molecule has 0 saturated carbocycles. The van der Waals surface area contributed by atoms with Crippen LogP contribution in [0.4, 0.5) is 5.69 Å². The first-order valence-corrected chi connectivity index (χ1v) is 5.65. The molecule has 2 atom stereocenters. The third kappa shape index (κ3) is 2.86. The summed E-state index contributed by atoms with van der Waals surface area (Å²) in [5.41, 5.74) is 0.702. The van der Waals surface area contributed by atoms with Crippen molar-refractivity contribution in [1.29, 1.82) is 5.26 Å². The number of carbonyl (C=O) groups excluding carboxylic acids is 1. The molecule has 98 valence electrons. The molecule has 0 bridgehead atoms. The average Bonchev–Trinajstić information content (AvgIpc) is 2.60. The van der Waals surface area contributed by atoms with Gasteiger partial charge in [-0.2, -0.15) is 5.26 Å². The van der Waals surface area contributed by atoms with Crippen molar-refractivity contribution in [2.75, 3.05) is 13.2 Å². The third-order valence-corrected chi connectivity index (χ3v) is 2.92. The van der Waals surface area contributed by atoms with E-state index in [1.807, 2.05) is 0 Å². The van der Waals surface area contributed by atoms with Gasteiger partial charge in [0, 0.05) is 12.1 Å². The number of nitriles is 1. The van der Waals surface area contributed by atoms with Crippen LogP contribution in [0.1, 0.15) is 11.6 Å². The Labute approximate surface area is 108 Å². The lowest BCUT2D eigenvalue weighted by Gasteiger charge is -2.19. The van der Waals surface area contributed by atoms with Gasteiger partial charge in [-0.1, -0.05) is 12.1 Å². The summed E-state index contributed by atoms with van der Waals surface area (Å²) in [6.07, 6.45) is 0. The minimum absolute atomic E-state index is 0.0137. The number of cyclic esters (lactones) is 1. The summed E-state index contributed by atoms with van der Waals surface area (Å²) in [5, 5.41) is 22.6. The zero-order valence-corrected chi connectivity index (χ0v) is 9.91. The highest BCUT2D eigenvalue weighted by atomic mass is 16.6. The van der Waals surface area contributed by atoms with Crippen LogP contribution in [-0.2, 0) is 9.53 Å². The van der Waals surface area contributed by atoms with Crippen molar-refractivity contribution in [3.05, 3.63) is 39.9 Å². The van der Waals surface area contributed by atoms with Gasteiger partial charge in [-0.15, -0.1) is 0 Å². The highest BCUT2D eigenvalue weighted by Gasteiger charge is 2.28. The van der Waals surface area contributed by atoms with Crippen LogP contribution in [0, 0.1) is 27.4 Å². The molecule has 0 amide bonds. The molecular formula is C12H11N3O4. The van der Waals surface area contributed by atoms with Gasteiger partial charge in [-0.05, 0) is 5.56 Å². The zero-order valence-electron chi connectivity index (χ0n) is 9.91. The summed E-state index contributed by atoms with van der Waals surface area (Å²) in [7, 11) is 0. The fraction of sp³-hybridized carbons (Fsp3) is 0.333. The Morgan fingerprint density at radius 3 is 2.68 bits per heavy atom. The maximum atomic E-state index is 11.2. The number of carbonyl (C=O) groups is 1. The van der Waals surface area contributed by atoms with E-state index in [0.717, 1.165) is 5.56 Å². The van der Waals surface area contributed by atoms with Gasteiger partial charge in [0.05, 0.1) is 29.5 Å². The van der Waals surface area contributed by atoms with E-state index >= 15 is 0 Å². The lowest BCUT2D eigenvalue weighted by molar-refractivity contribution is -0.384. The van der Waals surface area contributed by atoms with Crippen LogP contribution in [0.25, 0.3) is 0 Å². The van der Waals surface area contributed by atoms with Crippen molar-refractivity contribution in [1.82, 2.24) is 5.32 Å². The number of rotatable bonds is 2. The number of benzene rings is 1. The topological polar surface area (TPSA) is 105 Å². The van der Waals surface area contributed by atoms with Gasteiger partial charge in [-0.3, -0.25) is 20.2 Å². The summed E-state index contributed by atoms with van der Waals surface area (Å²) < 4.78 is 4.89. The molecule has 0 aliphatic carbocycles. The predicted octanol–water partition coefficient (Wildman–Crippen LogP) is 0.922. The highest BCUT2D eigenvalue weighted by molar-refractivity contribution is 5.72. The van der Waals surface area contributed by atoms with Gasteiger partial charge < -0.3 is 4.74 Å². The summed E-state index contributed by atoms with van der Waals surface area (Å²) in [6, 6.07) is 7.61. The number of ether oxygens (including phenoxy) is 1. The maximum Gasteiger partial charge on any atom is 0.319 e.